The fourth-order valence-electron chi connectivity index (χ4n) is 1.46. The van der Waals surface area contributed by atoms with Crippen LogP contribution >= 0.6 is 11.6 Å². The number of hydrogen-bond acceptors (Lipinski definition) is 2. The zero-order chi connectivity index (χ0) is 12.1. The second-order valence-corrected chi connectivity index (χ2v) is 4.05. The molecule has 0 fully saturated rings. The minimum absolute atomic E-state index is 0.248. The first-order valence-electron chi connectivity index (χ1n) is 5.19. The van der Waals surface area contributed by atoms with Crippen molar-refractivity contribution in [3.63, 3.8) is 0 Å². The number of carboxylic acid groups (broad SMARTS) is 1. The van der Waals surface area contributed by atoms with E-state index in [4.69, 9.17) is 21.4 Å². The molecule has 0 saturated carbocycles. The van der Waals surface area contributed by atoms with Gasteiger partial charge in [-0.1, -0.05) is 31.5 Å². The third kappa shape index (κ3) is 3.14. The van der Waals surface area contributed by atoms with Crippen LogP contribution in [-0.2, 0) is 4.79 Å². The van der Waals surface area contributed by atoms with E-state index in [9.17, 15) is 4.79 Å². The molecule has 1 aromatic rings. The largest absolute Gasteiger partial charge is 0.482 e. The summed E-state index contributed by atoms with van der Waals surface area (Å²) >= 11 is 6.09. The number of carbonyl (C=O) groups is 1. The molecule has 0 heterocycles. The van der Waals surface area contributed by atoms with E-state index in [1.165, 1.54) is 0 Å². The average molecular weight is 243 g/mol. The summed E-state index contributed by atoms with van der Waals surface area (Å²) in [4.78, 5) is 10.5. The minimum Gasteiger partial charge on any atom is -0.482 e. The van der Waals surface area contributed by atoms with Crippen LogP contribution in [0, 0.1) is 0 Å². The van der Waals surface area contributed by atoms with Crippen molar-refractivity contribution in [2.24, 2.45) is 0 Å². The van der Waals surface area contributed by atoms with Crippen LogP contribution in [0.4, 0.5) is 0 Å². The van der Waals surface area contributed by atoms with E-state index in [-0.39, 0.29) is 12.5 Å². The lowest BCUT2D eigenvalue weighted by Gasteiger charge is -2.16. The fraction of sp³-hybridized carbons (Fsp3) is 0.417. The number of aliphatic carboxylic acids is 1. The third-order valence-electron chi connectivity index (χ3n) is 2.47. The molecule has 1 rings (SSSR count). The maximum atomic E-state index is 10.5. The number of ether oxygens (including phenoxy) is 1. The summed E-state index contributed by atoms with van der Waals surface area (Å²) in [6, 6.07) is 5.29. The molecule has 0 bridgehead atoms. The lowest BCUT2D eigenvalue weighted by Crippen LogP contribution is -2.11. The van der Waals surface area contributed by atoms with Gasteiger partial charge in [-0.25, -0.2) is 4.79 Å². The summed E-state index contributed by atoms with van der Waals surface area (Å²) in [5.41, 5.74) is 0.882. The second kappa shape index (κ2) is 5.75. The highest BCUT2D eigenvalue weighted by Crippen LogP contribution is 2.34. The van der Waals surface area contributed by atoms with Gasteiger partial charge in [-0.3, -0.25) is 0 Å². The number of benzene rings is 1. The minimum atomic E-state index is -0.991. The first-order valence-corrected chi connectivity index (χ1v) is 5.57. The van der Waals surface area contributed by atoms with E-state index in [1.807, 2.05) is 6.92 Å². The molecule has 1 N–H and O–H groups in total. The van der Waals surface area contributed by atoms with Gasteiger partial charge < -0.3 is 9.84 Å². The fourth-order valence-corrected chi connectivity index (χ4v) is 1.82. The molecule has 0 aliphatic rings. The lowest BCUT2D eigenvalue weighted by molar-refractivity contribution is -0.139. The summed E-state index contributed by atoms with van der Waals surface area (Å²) in [7, 11) is 0. The van der Waals surface area contributed by atoms with E-state index in [0.717, 1.165) is 12.0 Å². The van der Waals surface area contributed by atoms with Crippen molar-refractivity contribution in [1.29, 1.82) is 0 Å². The van der Waals surface area contributed by atoms with E-state index in [0.29, 0.717) is 10.8 Å². The van der Waals surface area contributed by atoms with Gasteiger partial charge in [0, 0.05) is 10.6 Å². The van der Waals surface area contributed by atoms with Crippen LogP contribution in [0.3, 0.4) is 0 Å². The maximum absolute atomic E-state index is 10.5. The van der Waals surface area contributed by atoms with Gasteiger partial charge in [0.2, 0.25) is 0 Å². The van der Waals surface area contributed by atoms with E-state index >= 15 is 0 Å². The number of halogens is 1. The van der Waals surface area contributed by atoms with Gasteiger partial charge in [-0.2, -0.15) is 0 Å². The Kier molecular flexibility index (Phi) is 4.62. The van der Waals surface area contributed by atoms with E-state index < -0.39 is 5.97 Å². The molecular formula is C12H15ClO3. The van der Waals surface area contributed by atoms with Gasteiger partial charge in [0.25, 0.3) is 0 Å². The number of rotatable bonds is 5. The molecule has 0 aliphatic carbocycles. The number of hydrogen-bond donors (Lipinski definition) is 1. The molecule has 0 unspecified atom stereocenters. The van der Waals surface area contributed by atoms with E-state index in [2.05, 4.69) is 6.92 Å². The Bertz CT molecular complexity index is 377. The predicted molar refractivity (Wildman–Crippen MR) is 63.3 cm³/mol. The van der Waals surface area contributed by atoms with Crippen molar-refractivity contribution in [2.75, 3.05) is 6.61 Å². The van der Waals surface area contributed by atoms with E-state index in [1.54, 1.807) is 18.2 Å². The Hall–Kier alpha value is -1.22. The van der Waals surface area contributed by atoms with Gasteiger partial charge in [-0.05, 0) is 24.5 Å². The van der Waals surface area contributed by atoms with Gasteiger partial charge in [0.1, 0.15) is 5.75 Å². The zero-order valence-corrected chi connectivity index (χ0v) is 10.1. The molecular weight excluding hydrogens is 228 g/mol. The van der Waals surface area contributed by atoms with Crippen molar-refractivity contribution in [1.82, 2.24) is 0 Å². The topological polar surface area (TPSA) is 46.5 Å². The highest BCUT2D eigenvalue weighted by atomic mass is 35.5. The first kappa shape index (κ1) is 12.8. The van der Waals surface area contributed by atoms with Gasteiger partial charge in [-0.15, -0.1) is 0 Å². The molecule has 0 amide bonds. The molecule has 1 aromatic carbocycles. The zero-order valence-electron chi connectivity index (χ0n) is 9.37. The van der Waals surface area contributed by atoms with Crippen LogP contribution in [0.2, 0.25) is 5.02 Å². The number of carboxylic acids is 1. The summed E-state index contributed by atoms with van der Waals surface area (Å²) in [6.07, 6.45) is 0.924. The monoisotopic (exact) mass is 242 g/mol. The molecule has 1 atom stereocenters. The van der Waals surface area contributed by atoms with Crippen LogP contribution in [0.1, 0.15) is 31.7 Å². The Balaban J connectivity index is 2.98. The molecule has 0 aliphatic heterocycles. The van der Waals surface area contributed by atoms with Crippen LogP contribution < -0.4 is 4.74 Å². The molecule has 16 heavy (non-hydrogen) atoms. The van der Waals surface area contributed by atoms with Gasteiger partial charge in [0.05, 0.1) is 0 Å². The van der Waals surface area contributed by atoms with Crippen molar-refractivity contribution in [3.8, 4) is 5.75 Å². The maximum Gasteiger partial charge on any atom is 0.341 e. The molecule has 0 radical (unpaired) electrons. The molecule has 88 valence electrons. The average Bonchev–Trinajstić information content (AvgIpc) is 2.25. The van der Waals surface area contributed by atoms with Crippen LogP contribution in [0.25, 0.3) is 0 Å². The van der Waals surface area contributed by atoms with Crippen molar-refractivity contribution in [3.05, 3.63) is 28.8 Å². The highest BCUT2D eigenvalue weighted by molar-refractivity contribution is 6.31. The third-order valence-corrected chi connectivity index (χ3v) is 2.80. The molecule has 3 nitrogen and oxygen atoms in total. The summed E-state index contributed by atoms with van der Waals surface area (Å²) in [6.45, 7) is 3.74. The quantitative estimate of drug-likeness (QED) is 0.862. The van der Waals surface area contributed by atoms with Crippen molar-refractivity contribution < 1.29 is 14.6 Å². The summed E-state index contributed by atoms with van der Waals surface area (Å²) in [5, 5.41) is 9.20. The Morgan fingerprint density at radius 2 is 2.25 bits per heavy atom. The smallest absolute Gasteiger partial charge is 0.341 e. The van der Waals surface area contributed by atoms with Crippen molar-refractivity contribution >= 4 is 17.6 Å². The molecule has 0 spiro atoms. The van der Waals surface area contributed by atoms with Crippen LogP contribution in [0.5, 0.6) is 5.75 Å². The Morgan fingerprint density at radius 1 is 1.56 bits per heavy atom. The standard InChI is InChI=1S/C12H15ClO3/c1-3-8(2)12-9(13)5-4-6-10(12)16-7-11(14)15/h4-6,8H,3,7H2,1-2H3,(H,14,15)/t8-/m0/s1. The summed E-state index contributed by atoms with van der Waals surface area (Å²) < 4.78 is 5.22. The van der Waals surface area contributed by atoms with Gasteiger partial charge in [0.15, 0.2) is 6.61 Å². The molecule has 0 aromatic heterocycles. The first-order chi connectivity index (χ1) is 7.56. The molecule has 0 saturated heterocycles. The SMILES string of the molecule is CC[C@H](C)c1c(Cl)cccc1OCC(=O)O. The Labute approximate surface area is 100.0 Å². The summed E-state index contributed by atoms with van der Waals surface area (Å²) in [5.74, 6) is -0.183. The van der Waals surface area contributed by atoms with Gasteiger partial charge >= 0.3 is 5.97 Å². The molecule has 4 heteroatoms. The van der Waals surface area contributed by atoms with Crippen LogP contribution in [0.15, 0.2) is 18.2 Å². The highest BCUT2D eigenvalue weighted by Gasteiger charge is 2.14. The Morgan fingerprint density at radius 3 is 2.81 bits per heavy atom. The van der Waals surface area contributed by atoms with Crippen molar-refractivity contribution in [2.45, 2.75) is 26.2 Å². The second-order valence-electron chi connectivity index (χ2n) is 3.64. The lowest BCUT2D eigenvalue weighted by atomic mass is 9.97. The van der Waals surface area contributed by atoms with Crippen LogP contribution in [-0.4, -0.2) is 17.7 Å². The predicted octanol–water partition coefficient (Wildman–Crippen LogP) is 3.32. The normalized spacial score (nSPS) is 12.2.